The van der Waals surface area contributed by atoms with Crippen molar-refractivity contribution in [3.05, 3.63) is 18.5 Å². The maximum absolute atomic E-state index is 5.43. The van der Waals surface area contributed by atoms with Gasteiger partial charge in [0.25, 0.3) is 0 Å². The van der Waals surface area contributed by atoms with Crippen LogP contribution in [0.4, 0.5) is 5.95 Å². The van der Waals surface area contributed by atoms with Gasteiger partial charge in [0, 0.05) is 44.2 Å². The monoisotopic (exact) mass is 264 g/mol. The third-order valence-corrected chi connectivity index (χ3v) is 3.42. The largest absolute Gasteiger partial charge is 0.380 e. The number of piperidine rings is 1. The second-order valence-corrected chi connectivity index (χ2v) is 5.04. The van der Waals surface area contributed by atoms with E-state index in [0.29, 0.717) is 12.1 Å². The number of rotatable bonds is 6. The highest BCUT2D eigenvalue weighted by atomic mass is 16.5. The van der Waals surface area contributed by atoms with Crippen molar-refractivity contribution in [2.45, 2.75) is 38.8 Å². The minimum absolute atomic E-state index is 0.421. The summed E-state index contributed by atoms with van der Waals surface area (Å²) in [7, 11) is 0. The molecule has 0 aromatic carbocycles. The molecule has 1 aromatic rings. The van der Waals surface area contributed by atoms with Crippen LogP contribution in [0.5, 0.6) is 0 Å². The Morgan fingerprint density at radius 1 is 1.37 bits per heavy atom. The highest BCUT2D eigenvalue weighted by molar-refractivity contribution is 5.29. The van der Waals surface area contributed by atoms with E-state index in [2.05, 4.69) is 27.1 Å². The van der Waals surface area contributed by atoms with E-state index < -0.39 is 0 Å². The first-order chi connectivity index (χ1) is 9.29. The minimum Gasteiger partial charge on any atom is -0.380 e. The number of anilines is 1. The molecule has 0 spiro atoms. The van der Waals surface area contributed by atoms with Gasteiger partial charge in [-0.1, -0.05) is 0 Å². The molecule has 0 amide bonds. The molecule has 19 heavy (non-hydrogen) atoms. The zero-order valence-electron chi connectivity index (χ0n) is 11.9. The number of ether oxygens (including phenoxy) is 1. The Labute approximate surface area is 115 Å². The number of nitrogens with zero attached hydrogens (tertiary/aromatic N) is 3. The van der Waals surface area contributed by atoms with Crippen LogP contribution in [-0.2, 0) is 4.74 Å². The van der Waals surface area contributed by atoms with Crippen molar-refractivity contribution < 1.29 is 4.74 Å². The third-order valence-electron chi connectivity index (χ3n) is 3.42. The molecule has 1 fully saturated rings. The lowest BCUT2D eigenvalue weighted by molar-refractivity contribution is 0.122. The van der Waals surface area contributed by atoms with E-state index in [1.807, 2.05) is 13.0 Å². The van der Waals surface area contributed by atoms with E-state index in [1.165, 1.54) is 0 Å². The van der Waals surface area contributed by atoms with Gasteiger partial charge in [0.1, 0.15) is 0 Å². The lowest BCUT2D eigenvalue weighted by atomic mass is 10.0. The van der Waals surface area contributed by atoms with E-state index in [0.717, 1.165) is 45.1 Å². The lowest BCUT2D eigenvalue weighted by Crippen LogP contribution is -2.47. The Morgan fingerprint density at radius 2 is 2.05 bits per heavy atom. The van der Waals surface area contributed by atoms with Crippen molar-refractivity contribution >= 4 is 5.95 Å². The third kappa shape index (κ3) is 4.44. The number of aromatic nitrogens is 2. The Morgan fingerprint density at radius 3 is 2.68 bits per heavy atom. The first-order valence-corrected chi connectivity index (χ1v) is 7.15. The average Bonchev–Trinajstić information content (AvgIpc) is 2.47. The molecule has 106 valence electrons. The molecule has 1 aromatic heterocycles. The molecular weight excluding hydrogens is 240 g/mol. The highest BCUT2D eigenvalue weighted by Gasteiger charge is 2.21. The van der Waals surface area contributed by atoms with E-state index >= 15 is 0 Å². The van der Waals surface area contributed by atoms with Gasteiger partial charge < -0.3 is 15.0 Å². The summed E-state index contributed by atoms with van der Waals surface area (Å²) in [5.74, 6) is 0.850. The second kappa shape index (κ2) is 7.40. The van der Waals surface area contributed by atoms with E-state index in [1.54, 1.807) is 12.4 Å². The maximum atomic E-state index is 5.43. The minimum atomic E-state index is 0.421. The summed E-state index contributed by atoms with van der Waals surface area (Å²) in [5, 5.41) is 3.63. The van der Waals surface area contributed by atoms with Crippen LogP contribution in [0.15, 0.2) is 18.5 Å². The van der Waals surface area contributed by atoms with Crippen LogP contribution in [0, 0.1) is 0 Å². The summed E-state index contributed by atoms with van der Waals surface area (Å²) in [5.41, 5.74) is 0. The van der Waals surface area contributed by atoms with Crippen molar-refractivity contribution in [1.29, 1.82) is 0 Å². The van der Waals surface area contributed by atoms with Crippen molar-refractivity contribution in [2.24, 2.45) is 0 Å². The fourth-order valence-electron chi connectivity index (χ4n) is 2.45. The molecular formula is C14H24N4O. The molecule has 1 saturated heterocycles. The quantitative estimate of drug-likeness (QED) is 0.843. The van der Waals surface area contributed by atoms with Gasteiger partial charge in [-0.25, -0.2) is 9.97 Å². The van der Waals surface area contributed by atoms with Gasteiger partial charge >= 0.3 is 0 Å². The normalized spacial score (nSPS) is 18.5. The molecule has 2 rings (SSSR count). The van der Waals surface area contributed by atoms with Crippen molar-refractivity contribution in [3.8, 4) is 0 Å². The Balaban J connectivity index is 1.73. The number of hydrogen-bond acceptors (Lipinski definition) is 5. The summed E-state index contributed by atoms with van der Waals surface area (Å²) in [6.07, 6.45) is 5.87. The van der Waals surface area contributed by atoms with Crippen LogP contribution in [0.25, 0.3) is 0 Å². The summed E-state index contributed by atoms with van der Waals surface area (Å²) < 4.78 is 5.43. The molecule has 0 aliphatic carbocycles. The highest BCUT2D eigenvalue weighted by Crippen LogP contribution is 2.15. The molecule has 0 saturated carbocycles. The second-order valence-electron chi connectivity index (χ2n) is 5.04. The summed E-state index contributed by atoms with van der Waals surface area (Å²) in [6, 6.07) is 2.85. The van der Waals surface area contributed by atoms with E-state index in [-0.39, 0.29) is 0 Å². The Hall–Kier alpha value is -1.20. The molecule has 2 heterocycles. The summed E-state index contributed by atoms with van der Waals surface area (Å²) in [4.78, 5) is 10.9. The lowest BCUT2D eigenvalue weighted by Gasteiger charge is -2.33. The zero-order valence-corrected chi connectivity index (χ0v) is 11.9. The van der Waals surface area contributed by atoms with Gasteiger partial charge in [-0.2, -0.15) is 0 Å². The summed E-state index contributed by atoms with van der Waals surface area (Å²) in [6.45, 7) is 7.83. The van der Waals surface area contributed by atoms with Crippen molar-refractivity contribution in [1.82, 2.24) is 15.3 Å². The molecule has 1 N–H and O–H groups in total. The van der Waals surface area contributed by atoms with Crippen LogP contribution >= 0.6 is 0 Å². The van der Waals surface area contributed by atoms with Gasteiger partial charge in [0.2, 0.25) is 5.95 Å². The molecule has 5 nitrogen and oxygen atoms in total. The Kier molecular flexibility index (Phi) is 5.54. The zero-order chi connectivity index (χ0) is 13.5. The van der Waals surface area contributed by atoms with Crippen molar-refractivity contribution in [3.63, 3.8) is 0 Å². The fourth-order valence-corrected chi connectivity index (χ4v) is 2.45. The number of nitrogens with one attached hydrogen (secondary N) is 1. The molecule has 1 atom stereocenters. The Bertz CT molecular complexity index is 352. The van der Waals surface area contributed by atoms with E-state index in [4.69, 9.17) is 4.74 Å². The van der Waals surface area contributed by atoms with Gasteiger partial charge in [0.15, 0.2) is 0 Å². The van der Waals surface area contributed by atoms with Crippen LogP contribution < -0.4 is 10.2 Å². The van der Waals surface area contributed by atoms with Gasteiger partial charge in [-0.3, -0.25) is 0 Å². The van der Waals surface area contributed by atoms with Gasteiger partial charge in [0.05, 0.1) is 6.61 Å². The maximum Gasteiger partial charge on any atom is 0.225 e. The van der Waals surface area contributed by atoms with Crippen LogP contribution in [0.2, 0.25) is 0 Å². The topological polar surface area (TPSA) is 50.3 Å². The van der Waals surface area contributed by atoms with Crippen molar-refractivity contribution in [2.75, 3.05) is 31.2 Å². The van der Waals surface area contributed by atoms with Crippen LogP contribution in [0.1, 0.15) is 26.7 Å². The molecule has 1 aliphatic heterocycles. The standard InChI is InChI=1S/C14H24N4O/c1-3-19-11-12(2)17-13-5-9-18(10-6-13)14-15-7-4-8-16-14/h4,7-8,12-13,17H,3,5-6,9-11H2,1-2H3. The molecule has 0 bridgehead atoms. The molecule has 1 unspecified atom stereocenters. The molecule has 5 heteroatoms. The molecule has 1 aliphatic rings. The predicted molar refractivity (Wildman–Crippen MR) is 76.4 cm³/mol. The first-order valence-electron chi connectivity index (χ1n) is 7.15. The van der Waals surface area contributed by atoms with Crippen LogP contribution in [0.3, 0.4) is 0 Å². The summed E-state index contributed by atoms with van der Waals surface area (Å²) >= 11 is 0. The van der Waals surface area contributed by atoms with Gasteiger partial charge in [-0.05, 0) is 32.8 Å². The smallest absolute Gasteiger partial charge is 0.225 e. The first kappa shape index (κ1) is 14.2. The fraction of sp³-hybridized carbons (Fsp3) is 0.714. The number of hydrogen-bond donors (Lipinski definition) is 1. The van der Waals surface area contributed by atoms with Crippen LogP contribution in [-0.4, -0.2) is 48.4 Å². The SMILES string of the molecule is CCOCC(C)NC1CCN(c2ncccn2)CC1. The van der Waals surface area contributed by atoms with E-state index in [9.17, 15) is 0 Å². The molecule has 0 radical (unpaired) electrons. The predicted octanol–water partition coefficient (Wildman–Crippen LogP) is 1.46. The van der Waals surface area contributed by atoms with Gasteiger partial charge in [-0.15, -0.1) is 0 Å². The average molecular weight is 264 g/mol.